The molecule has 0 amide bonds. The summed E-state index contributed by atoms with van der Waals surface area (Å²) in [5.74, 6) is 1.47. The molecule has 0 aliphatic carbocycles. The van der Waals surface area contributed by atoms with Crippen molar-refractivity contribution >= 4 is 11.9 Å². The van der Waals surface area contributed by atoms with E-state index in [1.165, 1.54) is 0 Å². The third kappa shape index (κ3) is 8.55. The highest BCUT2D eigenvalue weighted by Crippen LogP contribution is 2.19. The first kappa shape index (κ1) is 22.4. The van der Waals surface area contributed by atoms with Crippen LogP contribution >= 0.6 is 0 Å². The van der Waals surface area contributed by atoms with Crippen LogP contribution in [-0.2, 0) is 16.0 Å². The SMILES string of the molecule is NCCOCCOCCNc1nc(NCc2ccccc2)nc(Oc2ccccc2)n1. The van der Waals surface area contributed by atoms with E-state index in [-0.39, 0.29) is 6.01 Å². The van der Waals surface area contributed by atoms with Crippen molar-refractivity contribution in [2.75, 3.05) is 50.2 Å². The molecule has 0 unspecified atom stereocenters. The van der Waals surface area contributed by atoms with Crippen molar-refractivity contribution in [3.63, 3.8) is 0 Å². The van der Waals surface area contributed by atoms with Crippen LogP contribution in [0.25, 0.3) is 0 Å². The number of para-hydroxylation sites is 1. The molecule has 0 aliphatic heterocycles. The molecule has 1 heterocycles. The highest BCUT2D eigenvalue weighted by molar-refractivity contribution is 5.38. The van der Waals surface area contributed by atoms with Gasteiger partial charge in [-0.1, -0.05) is 48.5 Å². The summed E-state index contributed by atoms with van der Waals surface area (Å²) < 4.78 is 16.6. The van der Waals surface area contributed by atoms with Gasteiger partial charge in [0.1, 0.15) is 5.75 Å². The second-order valence-corrected chi connectivity index (χ2v) is 6.46. The van der Waals surface area contributed by atoms with Gasteiger partial charge in [-0.25, -0.2) is 0 Å². The molecule has 31 heavy (non-hydrogen) atoms. The van der Waals surface area contributed by atoms with Crippen LogP contribution in [0.1, 0.15) is 5.56 Å². The van der Waals surface area contributed by atoms with E-state index in [0.29, 0.717) is 63.7 Å². The predicted molar refractivity (Wildman–Crippen MR) is 119 cm³/mol. The van der Waals surface area contributed by atoms with Gasteiger partial charge in [0.05, 0.1) is 26.4 Å². The first-order valence-electron chi connectivity index (χ1n) is 10.2. The van der Waals surface area contributed by atoms with Gasteiger partial charge in [-0.05, 0) is 17.7 Å². The highest BCUT2D eigenvalue weighted by atomic mass is 16.5. The van der Waals surface area contributed by atoms with Gasteiger partial charge >= 0.3 is 6.01 Å². The Hall–Kier alpha value is -3.27. The zero-order valence-corrected chi connectivity index (χ0v) is 17.4. The molecule has 4 N–H and O–H groups in total. The Morgan fingerprint density at radius 1 is 0.710 bits per heavy atom. The molecule has 0 spiro atoms. The zero-order chi connectivity index (χ0) is 21.6. The molecule has 0 saturated heterocycles. The minimum absolute atomic E-state index is 0.204. The Labute approximate surface area is 182 Å². The smallest absolute Gasteiger partial charge is 0.328 e. The van der Waals surface area contributed by atoms with Gasteiger partial charge in [-0.2, -0.15) is 15.0 Å². The van der Waals surface area contributed by atoms with Crippen molar-refractivity contribution in [1.29, 1.82) is 0 Å². The van der Waals surface area contributed by atoms with E-state index in [4.69, 9.17) is 19.9 Å². The average molecular weight is 425 g/mol. The zero-order valence-electron chi connectivity index (χ0n) is 17.4. The van der Waals surface area contributed by atoms with Crippen molar-refractivity contribution < 1.29 is 14.2 Å². The van der Waals surface area contributed by atoms with Crippen LogP contribution in [0.5, 0.6) is 11.8 Å². The first-order valence-corrected chi connectivity index (χ1v) is 10.2. The number of benzene rings is 2. The number of rotatable bonds is 14. The monoisotopic (exact) mass is 424 g/mol. The van der Waals surface area contributed by atoms with Crippen molar-refractivity contribution in [3.05, 3.63) is 66.2 Å². The molecule has 9 heteroatoms. The van der Waals surface area contributed by atoms with Gasteiger partial charge in [0.15, 0.2) is 0 Å². The Bertz CT molecular complexity index is 883. The van der Waals surface area contributed by atoms with Gasteiger partial charge in [0.2, 0.25) is 11.9 Å². The molecule has 0 radical (unpaired) electrons. The summed E-state index contributed by atoms with van der Waals surface area (Å²) in [5, 5.41) is 6.36. The van der Waals surface area contributed by atoms with Crippen LogP contribution in [-0.4, -0.2) is 54.5 Å². The molecule has 9 nitrogen and oxygen atoms in total. The maximum atomic E-state index is 5.79. The number of hydrogen-bond donors (Lipinski definition) is 3. The molecule has 3 aromatic rings. The second-order valence-electron chi connectivity index (χ2n) is 6.46. The Morgan fingerprint density at radius 3 is 2.06 bits per heavy atom. The predicted octanol–water partition coefficient (Wildman–Crippen LogP) is 2.68. The van der Waals surface area contributed by atoms with Gasteiger partial charge in [-0.15, -0.1) is 0 Å². The number of nitrogens with zero attached hydrogens (tertiary/aromatic N) is 3. The van der Waals surface area contributed by atoms with Crippen molar-refractivity contribution in [1.82, 2.24) is 15.0 Å². The number of nitrogens with two attached hydrogens (primary N) is 1. The summed E-state index contributed by atoms with van der Waals surface area (Å²) >= 11 is 0. The molecule has 3 rings (SSSR count). The minimum atomic E-state index is 0.204. The molecule has 0 fully saturated rings. The third-order valence-corrected chi connectivity index (χ3v) is 4.02. The molecular formula is C22H28N6O3. The largest absolute Gasteiger partial charge is 0.424 e. The molecule has 0 aliphatic rings. The highest BCUT2D eigenvalue weighted by Gasteiger charge is 2.09. The number of ether oxygens (including phenoxy) is 3. The van der Waals surface area contributed by atoms with E-state index in [1.807, 2.05) is 60.7 Å². The molecular weight excluding hydrogens is 396 g/mol. The van der Waals surface area contributed by atoms with Crippen molar-refractivity contribution in [2.45, 2.75) is 6.54 Å². The molecule has 0 bridgehead atoms. The summed E-state index contributed by atoms with van der Waals surface area (Å²) in [6, 6.07) is 19.6. The second kappa shape index (κ2) is 13.1. The van der Waals surface area contributed by atoms with Gasteiger partial charge in [-0.3, -0.25) is 0 Å². The number of anilines is 2. The third-order valence-electron chi connectivity index (χ3n) is 4.02. The lowest BCUT2D eigenvalue weighted by molar-refractivity contribution is 0.0547. The van der Waals surface area contributed by atoms with Crippen LogP contribution in [0.4, 0.5) is 11.9 Å². The molecule has 2 aromatic carbocycles. The maximum absolute atomic E-state index is 5.79. The van der Waals surface area contributed by atoms with Gasteiger partial charge in [0.25, 0.3) is 0 Å². The van der Waals surface area contributed by atoms with Crippen molar-refractivity contribution in [2.24, 2.45) is 5.73 Å². The Balaban J connectivity index is 1.57. The molecule has 0 saturated carbocycles. The van der Waals surface area contributed by atoms with Crippen LogP contribution in [0.15, 0.2) is 60.7 Å². The summed E-state index contributed by atoms with van der Waals surface area (Å²) in [7, 11) is 0. The summed E-state index contributed by atoms with van der Waals surface area (Å²) in [5.41, 5.74) is 6.49. The fraction of sp³-hybridized carbons (Fsp3) is 0.318. The number of nitrogens with one attached hydrogen (secondary N) is 2. The minimum Gasteiger partial charge on any atom is -0.424 e. The lowest BCUT2D eigenvalue weighted by Gasteiger charge is -2.11. The first-order chi connectivity index (χ1) is 15.3. The summed E-state index contributed by atoms with van der Waals surface area (Å²) in [4.78, 5) is 13.2. The summed E-state index contributed by atoms with van der Waals surface area (Å²) in [6.07, 6.45) is 0. The average Bonchev–Trinajstić information content (AvgIpc) is 2.81. The van der Waals surface area contributed by atoms with Crippen LogP contribution in [0.2, 0.25) is 0 Å². The Kier molecular flexibility index (Phi) is 9.48. The number of hydrogen-bond acceptors (Lipinski definition) is 9. The van der Waals surface area contributed by atoms with Crippen LogP contribution in [0, 0.1) is 0 Å². The summed E-state index contributed by atoms with van der Waals surface area (Å²) in [6.45, 7) is 3.67. The Morgan fingerprint density at radius 2 is 1.35 bits per heavy atom. The van der Waals surface area contributed by atoms with E-state index in [2.05, 4.69) is 25.6 Å². The fourth-order valence-electron chi connectivity index (χ4n) is 2.57. The fourth-order valence-corrected chi connectivity index (χ4v) is 2.57. The van der Waals surface area contributed by atoms with Crippen molar-refractivity contribution in [3.8, 4) is 11.8 Å². The van der Waals surface area contributed by atoms with E-state index in [0.717, 1.165) is 5.56 Å². The lowest BCUT2D eigenvalue weighted by atomic mass is 10.2. The van der Waals surface area contributed by atoms with E-state index < -0.39 is 0 Å². The number of aromatic nitrogens is 3. The van der Waals surface area contributed by atoms with E-state index in [1.54, 1.807) is 0 Å². The molecule has 0 atom stereocenters. The van der Waals surface area contributed by atoms with E-state index in [9.17, 15) is 0 Å². The normalized spacial score (nSPS) is 10.6. The lowest BCUT2D eigenvalue weighted by Crippen LogP contribution is -2.16. The van der Waals surface area contributed by atoms with Gasteiger partial charge in [0, 0.05) is 19.6 Å². The maximum Gasteiger partial charge on any atom is 0.328 e. The standard InChI is InChI=1S/C22H28N6O3/c23-11-13-29-15-16-30-14-12-24-20-26-21(25-17-18-7-3-1-4-8-18)28-22(27-20)31-19-9-5-2-6-10-19/h1-10H,11-17,23H2,(H2,24,25,26,27,28). The van der Waals surface area contributed by atoms with Gasteiger partial charge < -0.3 is 30.6 Å². The quantitative estimate of drug-likeness (QED) is 0.336. The molecule has 164 valence electrons. The van der Waals surface area contributed by atoms with E-state index >= 15 is 0 Å². The topological polar surface area (TPSA) is 116 Å². The molecule has 1 aromatic heterocycles. The van der Waals surface area contributed by atoms with Crippen LogP contribution in [0.3, 0.4) is 0 Å². The van der Waals surface area contributed by atoms with Crippen LogP contribution < -0.4 is 21.1 Å².